The Labute approximate surface area is 172 Å². The normalized spacial score (nSPS) is 47.6. The van der Waals surface area contributed by atoms with E-state index in [0.717, 1.165) is 42.9 Å². The Morgan fingerprint density at radius 1 is 1.14 bits per heavy atom. The Kier molecular flexibility index (Phi) is 3.60. The third-order valence-corrected chi connectivity index (χ3v) is 8.40. The number of likely N-dealkylation sites (tertiary alicyclic amines) is 1. The van der Waals surface area contributed by atoms with Gasteiger partial charge in [0.15, 0.2) is 17.6 Å². The predicted molar refractivity (Wildman–Crippen MR) is 106 cm³/mol. The summed E-state index contributed by atoms with van der Waals surface area (Å²) < 4.78 is 25.5. The summed E-state index contributed by atoms with van der Waals surface area (Å²) in [6.45, 7) is 5.15. The number of likely N-dealkylation sites (N-methyl/N-ethyl adjacent to an activating group) is 1. The third kappa shape index (κ3) is 2.02. The van der Waals surface area contributed by atoms with Crippen molar-refractivity contribution in [1.29, 1.82) is 0 Å². The maximum absolute atomic E-state index is 12.3. The average Bonchev–Trinajstić information content (AvgIpc) is 3.03. The number of fused-ring (bicyclic) bond motifs is 1. The number of hydrogen-bond donors (Lipinski definition) is 1. The molecule has 2 aliphatic carbocycles. The van der Waals surface area contributed by atoms with Crippen LogP contribution in [0.15, 0.2) is 12.1 Å². The summed E-state index contributed by atoms with van der Waals surface area (Å²) in [5.74, 6) is 0.692. The standard InChI is InChI=1S/C23H31NO5/c1-13-11-14(2)29-23(28-13)8-7-22(25)17-12-15-5-6-16(26-4)19-18(15)21(22,20(23)27-19)9-10-24(17)3/h5-6,13-14,17,20,25H,7-12H2,1-4H3/t13?,14?,17-,20-,21+,22?,23?/m1/s1. The molecule has 29 heavy (non-hydrogen) atoms. The van der Waals surface area contributed by atoms with E-state index in [0.29, 0.717) is 12.8 Å². The molecule has 1 aromatic rings. The molecule has 6 nitrogen and oxygen atoms in total. The minimum atomic E-state index is -0.864. The van der Waals surface area contributed by atoms with Crippen LogP contribution in [-0.2, 0) is 21.3 Å². The van der Waals surface area contributed by atoms with E-state index >= 15 is 0 Å². The highest BCUT2D eigenvalue weighted by Gasteiger charge is 2.77. The SMILES string of the molecule is COc1ccc2c3c1O[C@H]1C4(CCC5(O)[C@@H](C2)N(C)CC[C@]315)OC(C)CC(C)O4. The van der Waals surface area contributed by atoms with E-state index in [2.05, 4.69) is 31.9 Å². The van der Waals surface area contributed by atoms with Gasteiger partial charge in [0.1, 0.15) is 0 Å². The first-order valence-electron chi connectivity index (χ1n) is 11.0. The van der Waals surface area contributed by atoms with Gasteiger partial charge >= 0.3 is 0 Å². The first-order chi connectivity index (χ1) is 13.8. The molecule has 6 rings (SSSR count). The maximum Gasteiger partial charge on any atom is 0.207 e. The summed E-state index contributed by atoms with van der Waals surface area (Å²) in [5, 5.41) is 12.3. The molecular weight excluding hydrogens is 370 g/mol. The van der Waals surface area contributed by atoms with Crippen LogP contribution in [0.2, 0.25) is 0 Å². The molecule has 3 unspecified atom stereocenters. The number of nitrogens with zero attached hydrogens (tertiary/aromatic N) is 1. The Balaban J connectivity index is 1.61. The van der Waals surface area contributed by atoms with E-state index in [1.807, 2.05) is 6.07 Å². The molecule has 6 atom stereocenters. The van der Waals surface area contributed by atoms with Gasteiger partial charge in [-0.15, -0.1) is 0 Å². The van der Waals surface area contributed by atoms with Crippen LogP contribution < -0.4 is 9.47 Å². The predicted octanol–water partition coefficient (Wildman–Crippen LogP) is 2.39. The van der Waals surface area contributed by atoms with Crippen LogP contribution in [0.5, 0.6) is 11.5 Å². The van der Waals surface area contributed by atoms with Crippen LogP contribution in [0, 0.1) is 0 Å². The van der Waals surface area contributed by atoms with Gasteiger partial charge in [-0.05, 0) is 64.8 Å². The van der Waals surface area contributed by atoms with Crippen molar-refractivity contribution in [3.05, 3.63) is 23.3 Å². The minimum Gasteiger partial charge on any atom is -0.493 e. The molecule has 158 valence electrons. The lowest BCUT2D eigenvalue weighted by atomic mass is 9.48. The molecule has 0 amide bonds. The molecule has 1 N–H and O–H groups in total. The Bertz CT molecular complexity index is 863. The van der Waals surface area contributed by atoms with Crippen molar-refractivity contribution in [2.24, 2.45) is 0 Å². The molecule has 1 aromatic carbocycles. The molecule has 2 spiro atoms. The number of methoxy groups -OCH3 is 1. The zero-order valence-corrected chi connectivity index (χ0v) is 17.7. The fourth-order valence-electron chi connectivity index (χ4n) is 7.37. The van der Waals surface area contributed by atoms with Crippen molar-refractivity contribution in [1.82, 2.24) is 4.90 Å². The van der Waals surface area contributed by atoms with Crippen LogP contribution in [0.1, 0.15) is 50.7 Å². The van der Waals surface area contributed by atoms with Gasteiger partial charge in [0.2, 0.25) is 5.79 Å². The molecule has 1 saturated carbocycles. The number of ether oxygens (including phenoxy) is 4. The quantitative estimate of drug-likeness (QED) is 0.780. The number of rotatable bonds is 1. The number of aliphatic hydroxyl groups is 1. The van der Waals surface area contributed by atoms with Crippen molar-refractivity contribution in [2.45, 2.75) is 87.1 Å². The number of benzene rings is 1. The molecule has 0 aromatic heterocycles. The highest BCUT2D eigenvalue weighted by atomic mass is 16.7. The van der Waals surface area contributed by atoms with Gasteiger partial charge in [0, 0.05) is 18.0 Å². The largest absolute Gasteiger partial charge is 0.493 e. The van der Waals surface area contributed by atoms with E-state index < -0.39 is 16.8 Å². The maximum atomic E-state index is 12.3. The first kappa shape index (κ1) is 18.4. The summed E-state index contributed by atoms with van der Waals surface area (Å²) >= 11 is 0. The highest BCUT2D eigenvalue weighted by Crippen LogP contribution is 2.68. The van der Waals surface area contributed by atoms with Gasteiger partial charge in [-0.1, -0.05) is 6.07 Å². The van der Waals surface area contributed by atoms with Crippen molar-refractivity contribution >= 4 is 0 Å². The number of hydrogen-bond acceptors (Lipinski definition) is 6. The first-order valence-corrected chi connectivity index (χ1v) is 11.0. The van der Waals surface area contributed by atoms with Crippen LogP contribution >= 0.6 is 0 Å². The molecule has 2 saturated heterocycles. The van der Waals surface area contributed by atoms with E-state index in [4.69, 9.17) is 18.9 Å². The summed E-state index contributed by atoms with van der Waals surface area (Å²) in [7, 11) is 3.82. The summed E-state index contributed by atoms with van der Waals surface area (Å²) in [5.41, 5.74) is 1.01. The van der Waals surface area contributed by atoms with Crippen LogP contribution in [0.25, 0.3) is 0 Å². The zero-order chi connectivity index (χ0) is 20.2. The summed E-state index contributed by atoms with van der Waals surface area (Å²) in [4.78, 5) is 2.33. The van der Waals surface area contributed by atoms with E-state index in [1.165, 1.54) is 5.56 Å². The molecule has 3 heterocycles. The van der Waals surface area contributed by atoms with Gasteiger partial charge in [-0.25, -0.2) is 0 Å². The second kappa shape index (κ2) is 5.67. The van der Waals surface area contributed by atoms with E-state index in [1.54, 1.807) is 7.11 Å². The second-order valence-electron chi connectivity index (χ2n) is 9.88. The third-order valence-electron chi connectivity index (χ3n) is 8.40. The molecule has 3 aliphatic heterocycles. The van der Waals surface area contributed by atoms with Gasteiger partial charge in [-0.3, -0.25) is 0 Å². The van der Waals surface area contributed by atoms with Crippen molar-refractivity contribution in [3.63, 3.8) is 0 Å². The van der Waals surface area contributed by atoms with E-state index in [-0.39, 0.29) is 24.4 Å². The van der Waals surface area contributed by atoms with Crippen molar-refractivity contribution in [3.8, 4) is 11.5 Å². The smallest absolute Gasteiger partial charge is 0.207 e. The topological polar surface area (TPSA) is 60.4 Å². The second-order valence-corrected chi connectivity index (χ2v) is 9.88. The molecule has 0 radical (unpaired) electrons. The summed E-state index contributed by atoms with van der Waals surface area (Å²) in [6, 6.07) is 4.24. The fourth-order valence-corrected chi connectivity index (χ4v) is 7.37. The highest BCUT2D eigenvalue weighted by molar-refractivity contribution is 5.63. The average molecular weight is 402 g/mol. The molecule has 3 fully saturated rings. The zero-order valence-electron chi connectivity index (χ0n) is 17.7. The van der Waals surface area contributed by atoms with E-state index in [9.17, 15) is 5.11 Å². The fraction of sp³-hybridized carbons (Fsp3) is 0.739. The molecule has 6 heteroatoms. The van der Waals surface area contributed by atoms with Crippen LogP contribution in [0.4, 0.5) is 0 Å². The Morgan fingerprint density at radius 3 is 2.62 bits per heavy atom. The Hall–Kier alpha value is -1.34. The van der Waals surface area contributed by atoms with Gasteiger partial charge < -0.3 is 29.0 Å². The lowest BCUT2D eigenvalue weighted by Gasteiger charge is -2.66. The van der Waals surface area contributed by atoms with Gasteiger partial charge in [0.05, 0.1) is 30.3 Å². The van der Waals surface area contributed by atoms with Crippen LogP contribution in [0.3, 0.4) is 0 Å². The Morgan fingerprint density at radius 2 is 1.90 bits per heavy atom. The lowest BCUT2D eigenvalue weighted by molar-refractivity contribution is -0.378. The molecule has 2 bridgehead atoms. The van der Waals surface area contributed by atoms with Crippen molar-refractivity contribution in [2.75, 3.05) is 20.7 Å². The monoisotopic (exact) mass is 401 g/mol. The van der Waals surface area contributed by atoms with Crippen LogP contribution in [-0.4, -0.2) is 66.5 Å². The molecule has 5 aliphatic rings. The lowest BCUT2D eigenvalue weighted by Crippen LogP contribution is -2.80. The molecular formula is C23H31NO5. The van der Waals surface area contributed by atoms with Gasteiger partial charge in [0.25, 0.3) is 0 Å². The van der Waals surface area contributed by atoms with Crippen molar-refractivity contribution < 1.29 is 24.1 Å². The summed E-state index contributed by atoms with van der Waals surface area (Å²) in [6.07, 6.45) is 3.64. The van der Waals surface area contributed by atoms with Gasteiger partial charge in [-0.2, -0.15) is 0 Å². The minimum absolute atomic E-state index is 0.0741. The number of piperidine rings is 1.